The molecule has 3 nitrogen and oxygen atoms in total. The number of esters is 1. The van der Waals surface area contributed by atoms with Gasteiger partial charge in [-0.15, -0.1) is 11.8 Å². The molecule has 2 atom stereocenters. The van der Waals surface area contributed by atoms with Crippen molar-refractivity contribution in [1.29, 1.82) is 0 Å². The van der Waals surface area contributed by atoms with E-state index in [1.54, 1.807) is 0 Å². The normalized spacial score (nSPS) is 22.3. The number of ether oxygens (including phenoxy) is 1. The van der Waals surface area contributed by atoms with Crippen LogP contribution in [0, 0.1) is 5.92 Å². The monoisotopic (exact) mass is 396 g/mol. The summed E-state index contributed by atoms with van der Waals surface area (Å²) in [5.41, 5.74) is 1.31. The Morgan fingerprint density at radius 1 is 1.04 bits per heavy atom. The second-order valence-corrected chi connectivity index (χ2v) is 9.06. The van der Waals surface area contributed by atoms with Crippen molar-refractivity contribution in [3.8, 4) is 0 Å². The van der Waals surface area contributed by atoms with Crippen LogP contribution in [0.15, 0.2) is 60.7 Å². The largest absolute Gasteiger partial charge is 0.453 e. The Balaban J connectivity index is 1.70. The van der Waals surface area contributed by atoms with E-state index >= 15 is 0 Å². The van der Waals surface area contributed by atoms with Crippen molar-refractivity contribution >= 4 is 23.5 Å². The molecule has 0 N–H and O–H groups in total. The second kappa shape index (κ2) is 9.42. The molecule has 1 aliphatic rings. The zero-order valence-corrected chi connectivity index (χ0v) is 17.4. The van der Waals surface area contributed by atoms with Gasteiger partial charge in [0.05, 0.1) is 6.42 Å². The molecule has 0 aliphatic carbocycles. The highest BCUT2D eigenvalue weighted by atomic mass is 32.2. The number of thioether (sulfide) groups is 1. The number of benzene rings is 2. The minimum Gasteiger partial charge on any atom is -0.453 e. The Bertz CT molecular complexity index is 768. The van der Waals surface area contributed by atoms with E-state index in [4.69, 9.17) is 4.74 Å². The minimum absolute atomic E-state index is 0.0121. The standard InChI is InChI=1S/C24H28O3S/c1-18(2)13-15-24(20-11-7-4-8-12-20)17-21(25)22(23(26)27-24)28-16-14-19-9-5-3-6-10-19/h3-12,18,22H,13-17H2,1-2H3. The van der Waals surface area contributed by atoms with Gasteiger partial charge in [-0.1, -0.05) is 74.5 Å². The van der Waals surface area contributed by atoms with E-state index in [0.29, 0.717) is 12.3 Å². The van der Waals surface area contributed by atoms with Crippen LogP contribution in [0.2, 0.25) is 0 Å². The lowest BCUT2D eigenvalue weighted by Crippen LogP contribution is -2.47. The van der Waals surface area contributed by atoms with Gasteiger partial charge in [0.2, 0.25) is 0 Å². The third kappa shape index (κ3) is 5.05. The summed E-state index contributed by atoms with van der Waals surface area (Å²) in [6, 6.07) is 19.9. The molecular formula is C24H28O3S. The van der Waals surface area contributed by atoms with Gasteiger partial charge in [0.15, 0.2) is 11.0 Å². The van der Waals surface area contributed by atoms with Crippen LogP contribution in [0.5, 0.6) is 0 Å². The maximum absolute atomic E-state index is 13.0. The first-order valence-corrected chi connectivity index (χ1v) is 11.0. The van der Waals surface area contributed by atoms with Crippen LogP contribution in [-0.2, 0) is 26.3 Å². The van der Waals surface area contributed by atoms with Crippen LogP contribution in [-0.4, -0.2) is 22.8 Å². The summed E-state index contributed by atoms with van der Waals surface area (Å²) in [4.78, 5) is 25.8. The van der Waals surface area contributed by atoms with Gasteiger partial charge >= 0.3 is 5.97 Å². The molecule has 3 rings (SSSR count). The van der Waals surface area contributed by atoms with Crippen molar-refractivity contribution < 1.29 is 14.3 Å². The highest BCUT2D eigenvalue weighted by Crippen LogP contribution is 2.41. The molecule has 28 heavy (non-hydrogen) atoms. The number of carbonyl (C=O) groups is 2. The fourth-order valence-electron chi connectivity index (χ4n) is 3.60. The van der Waals surface area contributed by atoms with Crippen molar-refractivity contribution in [3.05, 3.63) is 71.8 Å². The molecule has 1 saturated heterocycles. The van der Waals surface area contributed by atoms with E-state index in [1.807, 2.05) is 48.5 Å². The molecule has 2 aromatic carbocycles. The molecule has 0 saturated carbocycles. The van der Waals surface area contributed by atoms with Crippen molar-refractivity contribution in [2.75, 3.05) is 5.75 Å². The predicted molar refractivity (Wildman–Crippen MR) is 114 cm³/mol. The van der Waals surface area contributed by atoms with E-state index in [9.17, 15) is 9.59 Å². The summed E-state index contributed by atoms with van der Waals surface area (Å²) in [6.07, 6.45) is 2.67. The Morgan fingerprint density at radius 2 is 1.68 bits per heavy atom. The molecule has 4 heteroatoms. The molecule has 0 amide bonds. The van der Waals surface area contributed by atoms with E-state index in [1.165, 1.54) is 17.3 Å². The van der Waals surface area contributed by atoms with Gasteiger partial charge in [-0.25, -0.2) is 0 Å². The quantitative estimate of drug-likeness (QED) is 0.456. The first-order valence-electron chi connectivity index (χ1n) is 9.97. The number of cyclic esters (lactones) is 1. The summed E-state index contributed by atoms with van der Waals surface area (Å²) >= 11 is 1.40. The number of hydrogen-bond acceptors (Lipinski definition) is 4. The first-order chi connectivity index (χ1) is 13.5. The van der Waals surface area contributed by atoms with Crippen LogP contribution in [0.1, 0.15) is 44.2 Å². The van der Waals surface area contributed by atoms with Gasteiger partial charge in [-0.05, 0) is 42.1 Å². The van der Waals surface area contributed by atoms with Crippen LogP contribution >= 0.6 is 11.8 Å². The molecule has 1 fully saturated rings. The van der Waals surface area contributed by atoms with Gasteiger partial charge in [-0.2, -0.15) is 0 Å². The molecular weight excluding hydrogens is 368 g/mol. The number of rotatable bonds is 8. The Hall–Kier alpha value is -2.07. The zero-order chi connectivity index (χ0) is 20.0. The maximum atomic E-state index is 13.0. The van der Waals surface area contributed by atoms with E-state index in [-0.39, 0.29) is 18.2 Å². The topological polar surface area (TPSA) is 43.4 Å². The number of ketones is 1. The number of aryl methyl sites for hydroxylation is 1. The molecule has 0 aromatic heterocycles. The maximum Gasteiger partial charge on any atom is 0.327 e. The third-order valence-electron chi connectivity index (χ3n) is 5.21. The Labute approximate surface area is 171 Å². The second-order valence-electron chi connectivity index (χ2n) is 7.84. The zero-order valence-electron chi connectivity index (χ0n) is 16.6. The third-order valence-corrected chi connectivity index (χ3v) is 6.43. The Kier molecular flexibility index (Phi) is 6.95. The molecule has 0 radical (unpaired) electrons. The van der Waals surface area contributed by atoms with Crippen molar-refractivity contribution in [2.24, 2.45) is 5.92 Å². The molecule has 2 aromatic rings. The van der Waals surface area contributed by atoms with Crippen molar-refractivity contribution in [1.82, 2.24) is 0 Å². The first kappa shape index (κ1) is 20.7. The summed E-state index contributed by atoms with van der Waals surface area (Å²) < 4.78 is 6.02. The van der Waals surface area contributed by atoms with Crippen molar-refractivity contribution in [2.45, 2.75) is 50.4 Å². The molecule has 2 unspecified atom stereocenters. The average Bonchev–Trinajstić information content (AvgIpc) is 2.70. The predicted octanol–water partition coefficient (Wildman–Crippen LogP) is 5.18. The van der Waals surface area contributed by atoms with Crippen LogP contribution in [0.25, 0.3) is 0 Å². The summed E-state index contributed by atoms with van der Waals surface area (Å²) in [7, 11) is 0. The van der Waals surface area contributed by atoms with E-state index < -0.39 is 10.9 Å². The SMILES string of the molecule is CC(C)CCC1(c2ccccc2)CC(=O)C(SCCc2ccccc2)C(=O)O1. The fourth-order valence-corrected chi connectivity index (χ4v) is 4.64. The highest BCUT2D eigenvalue weighted by molar-refractivity contribution is 8.01. The van der Waals surface area contributed by atoms with Gasteiger partial charge in [0, 0.05) is 0 Å². The van der Waals surface area contributed by atoms with Gasteiger partial charge < -0.3 is 4.74 Å². The summed E-state index contributed by atoms with van der Waals surface area (Å²) in [5, 5.41) is -0.709. The smallest absolute Gasteiger partial charge is 0.327 e. The van der Waals surface area contributed by atoms with Crippen LogP contribution in [0.4, 0.5) is 0 Å². The number of Topliss-reactive ketones (excluding diaryl/α,β-unsaturated/α-hetero) is 1. The fraction of sp³-hybridized carbons (Fsp3) is 0.417. The summed E-state index contributed by atoms with van der Waals surface area (Å²) in [5.74, 6) is 0.802. The van der Waals surface area contributed by atoms with E-state index in [2.05, 4.69) is 26.0 Å². The average molecular weight is 397 g/mol. The molecule has 1 aliphatic heterocycles. The van der Waals surface area contributed by atoms with Crippen LogP contribution in [0.3, 0.4) is 0 Å². The van der Waals surface area contributed by atoms with Gasteiger partial charge in [-0.3, -0.25) is 9.59 Å². The summed E-state index contributed by atoms with van der Waals surface area (Å²) in [6.45, 7) is 4.29. The molecule has 1 heterocycles. The van der Waals surface area contributed by atoms with Gasteiger partial charge in [0.1, 0.15) is 5.60 Å². The number of carbonyl (C=O) groups excluding carboxylic acids is 2. The van der Waals surface area contributed by atoms with Gasteiger partial charge in [0.25, 0.3) is 0 Å². The number of hydrogen-bond donors (Lipinski definition) is 0. The lowest BCUT2D eigenvalue weighted by molar-refractivity contribution is -0.172. The molecule has 148 valence electrons. The lowest BCUT2D eigenvalue weighted by Gasteiger charge is -2.39. The minimum atomic E-state index is -0.823. The lowest BCUT2D eigenvalue weighted by atomic mass is 9.80. The molecule has 0 spiro atoms. The highest BCUT2D eigenvalue weighted by Gasteiger charge is 2.47. The van der Waals surface area contributed by atoms with Crippen molar-refractivity contribution in [3.63, 3.8) is 0 Å². The van der Waals surface area contributed by atoms with E-state index in [0.717, 1.165) is 24.2 Å². The molecule has 0 bridgehead atoms. The van der Waals surface area contributed by atoms with Crippen LogP contribution < -0.4 is 0 Å². The Morgan fingerprint density at radius 3 is 2.29 bits per heavy atom.